The second-order valence-electron chi connectivity index (χ2n) is 4.36. The van der Waals surface area contributed by atoms with Crippen LogP contribution in [0.25, 0.3) is 0 Å². The van der Waals surface area contributed by atoms with Gasteiger partial charge in [0.15, 0.2) is 0 Å². The molecule has 0 fully saturated rings. The molecule has 0 aromatic carbocycles. The summed E-state index contributed by atoms with van der Waals surface area (Å²) in [5.41, 5.74) is -1.40. The summed E-state index contributed by atoms with van der Waals surface area (Å²) < 4.78 is 70.8. The SMILES string of the molecule is CC(C)(C)C(=O)OC(C(F)(F)F)C(F)(F)SOOO. The third-order valence-electron chi connectivity index (χ3n) is 1.62. The van der Waals surface area contributed by atoms with Crippen LogP contribution in [0.1, 0.15) is 20.8 Å². The zero-order chi connectivity index (χ0) is 15.5. The van der Waals surface area contributed by atoms with Crippen LogP contribution < -0.4 is 0 Å². The largest absolute Gasteiger partial charge is 0.445 e. The Morgan fingerprint density at radius 1 is 1.16 bits per heavy atom. The lowest BCUT2D eigenvalue weighted by atomic mass is 9.97. The lowest BCUT2D eigenvalue weighted by Gasteiger charge is -2.28. The minimum Gasteiger partial charge on any atom is -0.445 e. The van der Waals surface area contributed by atoms with Crippen molar-refractivity contribution in [1.82, 2.24) is 0 Å². The van der Waals surface area contributed by atoms with Gasteiger partial charge in [-0.3, -0.25) is 4.79 Å². The number of hydrogen-bond acceptors (Lipinski definition) is 6. The molecule has 0 spiro atoms. The van der Waals surface area contributed by atoms with Gasteiger partial charge in [0, 0.05) is 0 Å². The summed E-state index contributed by atoms with van der Waals surface area (Å²) in [7, 11) is 0. The maximum absolute atomic E-state index is 13.2. The monoisotopic (exact) mass is 314 g/mol. The molecule has 1 unspecified atom stereocenters. The van der Waals surface area contributed by atoms with E-state index in [0.29, 0.717) is 0 Å². The molecule has 0 rings (SSSR count). The van der Waals surface area contributed by atoms with Crippen LogP contribution in [-0.2, 0) is 18.9 Å². The highest BCUT2D eigenvalue weighted by molar-refractivity contribution is 7.95. The number of halogens is 5. The van der Waals surface area contributed by atoms with E-state index in [4.69, 9.17) is 5.26 Å². The average Bonchev–Trinajstić information content (AvgIpc) is 2.19. The molecule has 114 valence electrons. The molecule has 0 aliphatic rings. The van der Waals surface area contributed by atoms with Crippen molar-refractivity contribution in [1.29, 1.82) is 0 Å². The molecule has 0 bridgehead atoms. The number of esters is 1. The summed E-state index contributed by atoms with van der Waals surface area (Å²) >= 11 is -1.14. The molecular formula is C8H11F5O5S. The Hall–Kier alpha value is -0.650. The average molecular weight is 314 g/mol. The van der Waals surface area contributed by atoms with E-state index in [1.54, 1.807) is 0 Å². The quantitative estimate of drug-likeness (QED) is 0.276. The summed E-state index contributed by atoms with van der Waals surface area (Å²) in [5.74, 6) is -1.47. The van der Waals surface area contributed by atoms with E-state index in [0.717, 1.165) is 0 Å². The minimum absolute atomic E-state index is 1.14. The second-order valence-corrected chi connectivity index (χ2v) is 5.21. The summed E-state index contributed by atoms with van der Waals surface area (Å²) in [4.78, 5) is 11.3. The fourth-order valence-corrected chi connectivity index (χ4v) is 1.10. The predicted octanol–water partition coefficient (Wildman–Crippen LogP) is 3.17. The Kier molecular flexibility index (Phi) is 5.99. The molecule has 0 aliphatic carbocycles. The van der Waals surface area contributed by atoms with Crippen LogP contribution in [0.3, 0.4) is 0 Å². The topological polar surface area (TPSA) is 65.0 Å². The molecular weight excluding hydrogens is 303 g/mol. The molecule has 11 heteroatoms. The molecule has 0 heterocycles. The zero-order valence-corrected chi connectivity index (χ0v) is 10.8. The van der Waals surface area contributed by atoms with Crippen molar-refractivity contribution >= 4 is 18.0 Å². The molecule has 19 heavy (non-hydrogen) atoms. The van der Waals surface area contributed by atoms with E-state index < -0.39 is 41.0 Å². The first kappa shape index (κ1) is 18.4. The lowest BCUT2D eigenvalue weighted by Crippen LogP contribution is -2.48. The van der Waals surface area contributed by atoms with Crippen molar-refractivity contribution in [3.8, 4) is 0 Å². The van der Waals surface area contributed by atoms with E-state index in [2.05, 4.69) is 14.1 Å². The Morgan fingerprint density at radius 3 is 1.95 bits per heavy atom. The zero-order valence-electron chi connectivity index (χ0n) is 9.96. The van der Waals surface area contributed by atoms with Crippen molar-refractivity contribution in [2.45, 2.75) is 38.3 Å². The summed E-state index contributed by atoms with van der Waals surface area (Å²) in [5, 5.41) is 5.74. The molecule has 0 aromatic heterocycles. The second kappa shape index (κ2) is 6.20. The summed E-state index contributed by atoms with van der Waals surface area (Å²) in [6, 6.07) is 0. The smallest absolute Gasteiger partial charge is 0.432 e. The van der Waals surface area contributed by atoms with E-state index in [9.17, 15) is 26.7 Å². The third-order valence-corrected chi connectivity index (χ3v) is 2.18. The van der Waals surface area contributed by atoms with Crippen molar-refractivity contribution < 1.29 is 46.1 Å². The van der Waals surface area contributed by atoms with Crippen LogP contribution >= 0.6 is 12.0 Å². The van der Waals surface area contributed by atoms with E-state index in [1.165, 1.54) is 20.8 Å². The number of alkyl halides is 5. The Bertz CT molecular complexity index is 314. The van der Waals surface area contributed by atoms with E-state index >= 15 is 0 Å². The van der Waals surface area contributed by atoms with Crippen molar-refractivity contribution in [3.63, 3.8) is 0 Å². The number of carbonyl (C=O) groups excluding carboxylic acids is 1. The van der Waals surface area contributed by atoms with Gasteiger partial charge in [-0.1, -0.05) is 5.04 Å². The molecule has 0 amide bonds. The number of carbonyl (C=O) groups is 1. The Morgan fingerprint density at radius 2 is 1.63 bits per heavy atom. The molecule has 0 aliphatic heterocycles. The maximum Gasteiger partial charge on any atom is 0.432 e. The van der Waals surface area contributed by atoms with Crippen LogP contribution in [0.15, 0.2) is 0 Å². The molecule has 1 atom stereocenters. The van der Waals surface area contributed by atoms with Gasteiger partial charge in [0.05, 0.1) is 5.41 Å². The van der Waals surface area contributed by atoms with Gasteiger partial charge in [-0.2, -0.15) is 22.0 Å². The number of ether oxygens (including phenoxy) is 1. The first-order valence-electron chi connectivity index (χ1n) is 4.64. The fraction of sp³-hybridized carbons (Fsp3) is 0.875. The minimum atomic E-state index is -5.53. The summed E-state index contributed by atoms with van der Waals surface area (Å²) in [6.07, 6.45) is -9.28. The van der Waals surface area contributed by atoms with Gasteiger partial charge in [-0.15, -0.1) is 4.33 Å². The first-order chi connectivity index (χ1) is 8.32. The van der Waals surface area contributed by atoms with Crippen molar-refractivity contribution in [2.24, 2.45) is 5.41 Å². The van der Waals surface area contributed by atoms with Gasteiger partial charge in [-0.05, 0) is 20.8 Å². The van der Waals surface area contributed by atoms with Gasteiger partial charge in [0.25, 0.3) is 6.10 Å². The van der Waals surface area contributed by atoms with Gasteiger partial charge in [-0.25, -0.2) is 5.26 Å². The standard InChI is InChI=1S/C8H11F5O5S/c1-6(2,3)5(14)16-4(7(9,10)11)8(12,13)19-18-17-15/h4,15H,1-3H3. The molecule has 0 saturated heterocycles. The van der Waals surface area contributed by atoms with Gasteiger partial charge >= 0.3 is 17.4 Å². The van der Waals surface area contributed by atoms with Crippen LogP contribution in [0, 0.1) is 5.41 Å². The van der Waals surface area contributed by atoms with Crippen LogP contribution in [0.4, 0.5) is 22.0 Å². The van der Waals surface area contributed by atoms with Crippen LogP contribution in [-0.4, -0.2) is 28.8 Å². The fourth-order valence-electron chi connectivity index (χ4n) is 0.714. The summed E-state index contributed by atoms with van der Waals surface area (Å²) in [6.45, 7) is 3.59. The van der Waals surface area contributed by atoms with Gasteiger partial charge in [0.2, 0.25) is 0 Å². The molecule has 5 nitrogen and oxygen atoms in total. The highest BCUT2D eigenvalue weighted by Gasteiger charge is 2.61. The van der Waals surface area contributed by atoms with Gasteiger partial charge < -0.3 is 4.74 Å². The van der Waals surface area contributed by atoms with Crippen molar-refractivity contribution in [2.75, 3.05) is 0 Å². The Labute approximate surface area is 109 Å². The number of rotatable bonds is 5. The van der Waals surface area contributed by atoms with Crippen molar-refractivity contribution in [3.05, 3.63) is 0 Å². The molecule has 0 radical (unpaired) electrons. The van der Waals surface area contributed by atoms with E-state index in [1.807, 2.05) is 0 Å². The highest BCUT2D eigenvalue weighted by atomic mass is 32.2. The normalized spacial score (nSPS) is 15.2. The third kappa shape index (κ3) is 5.89. The number of hydrogen-bond donors (Lipinski definition) is 1. The highest BCUT2D eigenvalue weighted by Crippen LogP contribution is 2.43. The van der Waals surface area contributed by atoms with E-state index in [-0.39, 0.29) is 0 Å². The van der Waals surface area contributed by atoms with Crippen LogP contribution in [0.2, 0.25) is 0 Å². The molecule has 0 saturated carbocycles. The molecule has 1 N–H and O–H groups in total. The van der Waals surface area contributed by atoms with Gasteiger partial charge in [0.1, 0.15) is 12.0 Å². The lowest BCUT2D eigenvalue weighted by molar-refractivity contribution is -0.434. The van der Waals surface area contributed by atoms with Crippen LogP contribution in [0.5, 0.6) is 0 Å². The maximum atomic E-state index is 13.2. The predicted molar refractivity (Wildman–Crippen MR) is 52.7 cm³/mol. The molecule has 0 aromatic rings. The first-order valence-corrected chi connectivity index (χ1v) is 5.38. The Balaban J connectivity index is 5.09.